The smallest absolute Gasteiger partial charge is 0.228 e. The van der Waals surface area contributed by atoms with Gasteiger partial charge in [0.25, 0.3) is 0 Å². The molecule has 0 aliphatic carbocycles. The summed E-state index contributed by atoms with van der Waals surface area (Å²) >= 11 is 0. The standard InChI is InChI=1S/C13H20N2O2/c1-8-5-6-11(12(7-8)17-4)15-13(16)9(2)10(3)14/h5-7,9-10H,14H2,1-4H3,(H,15,16). The van der Waals surface area contributed by atoms with Gasteiger partial charge in [-0.3, -0.25) is 4.79 Å². The average molecular weight is 236 g/mol. The minimum Gasteiger partial charge on any atom is -0.495 e. The Morgan fingerprint density at radius 3 is 2.59 bits per heavy atom. The molecule has 94 valence electrons. The minimum absolute atomic E-state index is 0.0952. The average Bonchev–Trinajstić information content (AvgIpc) is 2.30. The summed E-state index contributed by atoms with van der Waals surface area (Å²) in [5.74, 6) is 0.332. The zero-order valence-corrected chi connectivity index (χ0v) is 10.8. The normalized spacial score (nSPS) is 13.9. The number of methoxy groups -OCH3 is 1. The summed E-state index contributed by atoms with van der Waals surface area (Å²) in [6.07, 6.45) is 0. The second kappa shape index (κ2) is 5.68. The van der Waals surface area contributed by atoms with Crippen molar-refractivity contribution in [1.29, 1.82) is 0 Å². The van der Waals surface area contributed by atoms with Gasteiger partial charge in [-0.1, -0.05) is 13.0 Å². The number of amides is 1. The fourth-order valence-electron chi connectivity index (χ4n) is 1.39. The Balaban J connectivity index is 2.84. The monoisotopic (exact) mass is 236 g/mol. The van der Waals surface area contributed by atoms with Crippen LogP contribution in [0.5, 0.6) is 5.75 Å². The number of aryl methyl sites for hydroxylation is 1. The third-order valence-electron chi connectivity index (χ3n) is 2.82. The van der Waals surface area contributed by atoms with Crippen LogP contribution in [0.4, 0.5) is 5.69 Å². The summed E-state index contributed by atoms with van der Waals surface area (Å²) in [7, 11) is 1.58. The van der Waals surface area contributed by atoms with Gasteiger partial charge in [0.2, 0.25) is 5.91 Å². The zero-order valence-electron chi connectivity index (χ0n) is 10.8. The number of benzene rings is 1. The van der Waals surface area contributed by atoms with Crippen LogP contribution >= 0.6 is 0 Å². The van der Waals surface area contributed by atoms with Gasteiger partial charge in [0.05, 0.1) is 18.7 Å². The van der Waals surface area contributed by atoms with Crippen LogP contribution < -0.4 is 15.8 Å². The molecule has 0 spiro atoms. The predicted octanol–water partition coefficient (Wildman–Crippen LogP) is 1.93. The Hall–Kier alpha value is -1.55. The largest absolute Gasteiger partial charge is 0.495 e. The van der Waals surface area contributed by atoms with Crippen molar-refractivity contribution in [2.24, 2.45) is 11.7 Å². The van der Waals surface area contributed by atoms with Crippen molar-refractivity contribution < 1.29 is 9.53 Å². The fourth-order valence-corrected chi connectivity index (χ4v) is 1.39. The van der Waals surface area contributed by atoms with Crippen molar-refractivity contribution in [1.82, 2.24) is 0 Å². The van der Waals surface area contributed by atoms with E-state index in [2.05, 4.69) is 5.32 Å². The molecule has 0 saturated heterocycles. The maximum absolute atomic E-state index is 11.9. The SMILES string of the molecule is COc1cc(C)ccc1NC(=O)C(C)C(C)N. The van der Waals surface area contributed by atoms with Gasteiger partial charge in [-0.05, 0) is 31.5 Å². The van der Waals surface area contributed by atoms with Crippen LogP contribution in [-0.4, -0.2) is 19.1 Å². The summed E-state index contributed by atoms with van der Waals surface area (Å²) in [5.41, 5.74) is 7.45. The van der Waals surface area contributed by atoms with Gasteiger partial charge in [0.15, 0.2) is 0 Å². The maximum Gasteiger partial charge on any atom is 0.228 e. The zero-order chi connectivity index (χ0) is 13.0. The van der Waals surface area contributed by atoms with Gasteiger partial charge in [-0.25, -0.2) is 0 Å². The van der Waals surface area contributed by atoms with Gasteiger partial charge < -0.3 is 15.8 Å². The molecule has 0 radical (unpaired) electrons. The Morgan fingerprint density at radius 2 is 2.06 bits per heavy atom. The molecule has 0 aliphatic heterocycles. The summed E-state index contributed by atoms with van der Waals surface area (Å²) in [5, 5.41) is 2.83. The molecule has 1 rings (SSSR count). The third-order valence-corrected chi connectivity index (χ3v) is 2.82. The molecule has 4 nitrogen and oxygen atoms in total. The number of rotatable bonds is 4. The van der Waals surface area contributed by atoms with E-state index in [0.29, 0.717) is 11.4 Å². The van der Waals surface area contributed by atoms with Crippen molar-refractivity contribution in [3.63, 3.8) is 0 Å². The number of hydrogen-bond donors (Lipinski definition) is 2. The highest BCUT2D eigenvalue weighted by atomic mass is 16.5. The van der Waals surface area contributed by atoms with E-state index in [1.807, 2.05) is 32.0 Å². The third kappa shape index (κ3) is 3.46. The van der Waals surface area contributed by atoms with E-state index >= 15 is 0 Å². The van der Waals surface area contributed by atoms with Crippen molar-refractivity contribution in [2.45, 2.75) is 26.8 Å². The number of hydrogen-bond acceptors (Lipinski definition) is 3. The lowest BCUT2D eigenvalue weighted by Crippen LogP contribution is -2.34. The quantitative estimate of drug-likeness (QED) is 0.839. The van der Waals surface area contributed by atoms with E-state index in [1.165, 1.54) is 0 Å². The lowest BCUT2D eigenvalue weighted by atomic mass is 10.0. The number of carbonyl (C=O) groups excluding carboxylic acids is 1. The molecule has 2 unspecified atom stereocenters. The van der Waals surface area contributed by atoms with Crippen LogP contribution in [-0.2, 0) is 4.79 Å². The molecule has 1 aromatic rings. The first-order valence-electron chi connectivity index (χ1n) is 5.66. The molecule has 0 bridgehead atoms. The summed E-state index contributed by atoms with van der Waals surface area (Å²) in [6.45, 7) is 5.59. The molecule has 0 aliphatic rings. The number of nitrogens with two attached hydrogens (primary N) is 1. The van der Waals surface area contributed by atoms with Gasteiger partial charge >= 0.3 is 0 Å². The van der Waals surface area contributed by atoms with Crippen LogP contribution in [0.15, 0.2) is 18.2 Å². The Labute approximate surface area is 102 Å². The molecule has 17 heavy (non-hydrogen) atoms. The van der Waals surface area contributed by atoms with E-state index in [9.17, 15) is 4.79 Å². The first kappa shape index (κ1) is 13.5. The molecule has 0 fully saturated rings. The van der Waals surface area contributed by atoms with Crippen molar-refractivity contribution in [3.8, 4) is 5.75 Å². The Kier molecular flexibility index (Phi) is 4.52. The van der Waals surface area contributed by atoms with Crippen LogP contribution in [0.2, 0.25) is 0 Å². The van der Waals surface area contributed by atoms with E-state index in [1.54, 1.807) is 14.0 Å². The van der Waals surface area contributed by atoms with Crippen molar-refractivity contribution in [3.05, 3.63) is 23.8 Å². The second-order valence-corrected chi connectivity index (χ2v) is 4.34. The number of anilines is 1. The lowest BCUT2D eigenvalue weighted by Gasteiger charge is -2.17. The number of carbonyl (C=O) groups is 1. The lowest BCUT2D eigenvalue weighted by molar-refractivity contribution is -0.119. The first-order valence-corrected chi connectivity index (χ1v) is 5.66. The van der Waals surface area contributed by atoms with Crippen molar-refractivity contribution in [2.75, 3.05) is 12.4 Å². The molecule has 1 aromatic carbocycles. The van der Waals surface area contributed by atoms with Crippen molar-refractivity contribution >= 4 is 11.6 Å². The highest BCUT2D eigenvalue weighted by Crippen LogP contribution is 2.25. The minimum atomic E-state index is -0.235. The maximum atomic E-state index is 11.9. The molecule has 3 N–H and O–H groups in total. The van der Waals surface area contributed by atoms with E-state index in [0.717, 1.165) is 5.56 Å². The molecule has 0 aromatic heterocycles. The molecule has 2 atom stereocenters. The highest BCUT2D eigenvalue weighted by molar-refractivity contribution is 5.94. The number of ether oxygens (including phenoxy) is 1. The van der Waals surface area contributed by atoms with E-state index in [4.69, 9.17) is 10.5 Å². The van der Waals surface area contributed by atoms with Gasteiger partial charge in [0.1, 0.15) is 5.75 Å². The van der Waals surface area contributed by atoms with Crippen LogP contribution in [0.3, 0.4) is 0 Å². The summed E-state index contributed by atoms with van der Waals surface area (Å²) in [4.78, 5) is 11.9. The number of nitrogens with one attached hydrogen (secondary N) is 1. The topological polar surface area (TPSA) is 64.3 Å². The molecule has 0 heterocycles. The van der Waals surface area contributed by atoms with Crippen LogP contribution in [0, 0.1) is 12.8 Å². The van der Waals surface area contributed by atoms with Crippen LogP contribution in [0.1, 0.15) is 19.4 Å². The Bertz CT molecular complexity index is 402. The highest BCUT2D eigenvalue weighted by Gasteiger charge is 2.18. The molecular formula is C13H20N2O2. The van der Waals surface area contributed by atoms with Gasteiger partial charge in [-0.15, -0.1) is 0 Å². The molecule has 4 heteroatoms. The summed E-state index contributed by atoms with van der Waals surface area (Å²) in [6, 6.07) is 5.47. The molecule has 0 saturated carbocycles. The van der Waals surface area contributed by atoms with Gasteiger partial charge in [0, 0.05) is 6.04 Å². The predicted molar refractivity (Wildman–Crippen MR) is 69.2 cm³/mol. The van der Waals surface area contributed by atoms with E-state index < -0.39 is 0 Å². The van der Waals surface area contributed by atoms with Gasteiger partial charge in [-0.2, -0.15) is 0 Å². The fraction of sp³-hybridized carbons (Fsp3) is 0.462. The summed E-state index contributed by atoms with van der Waals surface area (Å²) < 4.78 is 5.22. The van der Waals surface area contributed by atoms with E-state index in [-0.39, 0.29) is 17.9 Å². The Morgan fingerprint density at radius 1 is 1.41 bits per heavy atom. The first-order chi connectivity index (χ1) is 7.95. The molecule has 1 amide bonds. The second-order valence-electron chi connectivity index (χ2n) is 4.34. The van der Waals surface area contributed by atoms with Crippen LogP contribution in [0.25, 0.3) is 0 Å². The molecular weight excluding hydrogens is 216 g/mol.